The maximum atomic E-state index is 13.0. The van der Waals surface area contributed by atoms with Crippen molar-refractivity contribution >= 4 is 45.8 Å². The third kappa shape index (κ3) is 4.67. The Morgan fingerprint density at radius 2 is 1.85 bits per heavy atom. The zero-order valence-corrected chi connectivity index (χ0v) is 18.7. The minimum absolute atomic E-state index is 0.340. The van der Waals surface area contributed by atoms with E-state index in [9.17, 15) is 20.0 Å². The maximum Gasteiger partial charge on any atom is 0.310 e. The average molecular weight is 465 g/mol. The molecule has 9 heteroatoms. The molecule has 3 aromatic carbocycles. The number of carbonyl (C=O) groups excluding carboxylic acids is 1. The quantitative estimate of drug-likeness (QED) is 0.271. The molecule has 0 bridgehead atoms. The van der Waals surface area contributed by atoms with Crippen LogP contribution in [0.3, 0.4) is 0 Å². The summed E-state index contributed by atoms with van der Waals surface area (Å²) >= 11 is 6.08. The van der Waals surface area contributed by atoms with E-state index in [0.717, 1.165) is 12.1 Å². The van der Waals surface area contributed by atoms with Crippen LogP contribution in [0.2, 0.25) is 5.02 Å². The van der Waals surface area contributed by atoms with Crippen LogP contribution in [0.25, 0.3) is 11.3 Å². The molecular formula is C24H21ClN4O4. The fraction of sp³-hybridized carbons (Fsp3) is 0.125. The molecule has 1 amide bonds. The predicted molar refractivity (Wildman–Crippen MR) is 129 cm³/mol. The number of fused-ring (bicyclic) bond motifs is 1. The first kappa shape index (κ1) is 22.3. The molecule has 0 saturated heterocycles. The summed E-state index contributed by atoms with van der Waals surface area (Å²) in [4.78, 5) is 25.5. The van der Waals surface area contributed by atoms with E-state index in [1.807, 2.05) is 38.4 Å². The third-order valence-electron chi connectivity index (χ3n) is 5.16. The molecule has 1 aliphatic heterocycles. The van der Waals surface area contributed by atoms with Crippen LogP contribution < -0.4 is 10.6 Å². The predicted octanol–water partition coefficient (Wildman–Crippen LogP) is 4.95. The van der Waals surface area contributed by atoms with E-state index in [1.165, 1.54) is 18.2 Å². The molecule has 0 aliphatic carbocycles. The zero-order chi connectivity index (χ0) is 23.7. The van der Waals surface area contributed by atoms with Crippen LogP contribution in [0.5, 0.6) is 5.75 Å². The van der Waals surface area contributed by atoms with Crippen molar-refractivity contribution in [1.29, 1.82) is 0 Å². The van der Waals surface area contributed by atoms with Gasteiger partial charge in [0.15, 0.2) is 5.75 Å². The second kappa shape index (κ2) is 8.93. The molecule has 0 radical (unpaired) electrons. The second-order valence-electron chi connectivity index (χ2n) is 7.91. The van der Waals surface area contributed by atoms with E-state index in [-0.39, 0.29) is 5.91 Å². The first-order chi connectivity index (χ1) is 15.7. The normalized spacial score (nSPS) is 14.1. The molecule has 0 aromatic heterocycles. The van der Waals surface area contributed by atoms with Crippen LogP contribution in [-0.2, 0) is 11.3 Å². The Labute approximate surface area is 195 Å². The fourth-order valence-corrected chi connectivity index (χ4v) is 3.88. The summed E-state index contributed by atoms with van der Waals surface area (Å²) in [6.45, 7) is 0.779. The molecule has 168 valence electrons. The second-order valence-corrected chi connectivity index (χ2v) is 8.35. The summed E-state index contributed by atoms with van der Waals surface area (Å²) in [7, 11) is 3.97. The van der Waals surface area contributed by atoms with Crippen molar-refractivity contribution in [3.63, 3.8) is 0 Å². The lowest BCUT2D eigenvalue weighted by molar-refractivity contribution is -0.385. The zero-order valence-electron chi connectivity index (χ0n) is 17.9. The molecule has 33 heavy (non-hydrogen) atoms. The van der Waals surface area contributed by atoms with Crippen LogP contribution in [0.1, 0.15) is 16.7 Å². The highest BCUT2D eigenvalue weighted by Gasteiger charge is 2.29. The van der Waals surface area contributed by atoms with Gasteiger partial charge in [-0.3, -0.25) is 14.9 Å². The number of phenolic OH excluding ortho intramolecular Hbond substituents is 1. The Morgan fingerprint density at radius 3 is 2.48 bits per heavy atom. The molecule has 0 atom stereocenters. The van der Waals surface area contributed by atoms with Crippen LogP contribution in [-0.4, -0.2) is 34.9 Å². The van der Waals surface area contributed by atoms with E-state index in [0.29, 0.717) is 38.8 Å². The number of benzene rings is 3. The SMILES string of the molecule is CN(C)Cc1ccc(N/C(=C2\C(=O)Nc3cc(Cl)ccc32)c2ccc([N+](=O)[O-])c(O)c2)cc1. The number of halogens is 1. The molecule has 1 heterocycles. The van der Waals surface area contributed by atoms with Crippen molar-refractivity contribution in [1.82, 2.24) is 4.90 Å². The Bertz CT molecular complexity index is 1290. The van der Waals surface area contributed by atoms with Gasteiger partial charge in [-0.15, -0.1) is 0 Å². The van der Waals surface area contributed by atoms with Gasteiger partial charge >= 0.3 is 5.69 Å². The standard InChI is InChI=1S/C24H21ClN4O4/c1-28(2)13-14-3-7-17(8-4-14)26-23(15-5-10-20(29(32)33)21(30)11-15)22-18-9-6-16(25)12-19(18)27-24(22)31/h3-12,26,30H,13H2,1-2H3,(H,27,31)/b23-22-. The highest BCUT2D eigenvalue weighted by Crippen LogP contribution is 2.40. The van der Waals surface area contributed by atoms with Gasteiger partial charge < -0.3 is 20.6 Å². The first-order valence-electron chi connectivity index (χ1n) is 10.1. The van der Waals surface area contributed by atoms with Gasteiger partial charge in [-0.2, -0.15) is 0 Å². The highest BCUT2D eigenvalue weighted by molar-refractivity contribution is 6.38. The van der Waals surface area contributed by atoms with E-state index in [1.54, 1.807) is 18.2 Å². The molecule has 3 N–H and O–H groups in total. The number of nitro benzene ring substituents is 1. The van der Waals surface area contributed by atoms with Crippen molar-refractivity contribution < 1.29 is 14.8 Å². The molecule has 8 nitrogen and oxygen atoms in total. The lowest BCUT2D eigenvalue weighted by Gasteiger charge is -2.16. The van der Waals surface area contributed by atoms with Crippen LogP contribution >= 0.6 is 11.6 Å². The van der Waals surface area contributed by atoms with Crippen LogP contribution in [0.4, 0.5) is 17.1 Å². The number of phenols is 1. The van der Waals surface area contributed by atoms with Crippen molar-refractivity contribution in [2.45, 2.75) is 6.54 Å². The number of hydrogen-bond acceptors (Lipinski definition) is 6. The maximum absolute atomic E-state index is 13.0. The number of nitro groups is 1. The molecule has 0 unspecified atom stereocenters. The largest absolute Gasteiger partial charge is 0.502 e. The number of carbonyl (C=O) groups is 1. The van der Waals surface area contributed by atoms with E-state index in [4.69, 9.17) is 11.6 Å². The number of hydrogen-bond donors (Lipinski definition) is 3. The summed E-state index contributed by atoms with van der Waals surface area (Å²) in [5.41, 5.74) is 3.77. The van der Waals surface area contributed by atoms with Gasteiger partial charge in [0.2, 0.25) is 0 Å². The van der Waals surface area contributed by atoms with Crippen LogP contribution in [0, 0.1) is 10.1 Å². The first-order valence-corrected chi connectivity index (χ1v) is 10.4. The Hall–Kier alpha value is -3.88. The minimum atomic E-state index is -0.664. The van der Waals surface area contributed by atoms with Gasteiger partial charge in [0.05, 0.1) is 21.9 Å². The number of nitrogens with one attached hydrogen (secondary N) is 2. The van der Waals surface area contributed by atoms with Gasteiger partial charge in [-0.1, -0.05) is 29.8 Å². The summed E-state index contributed by atoms with van der Waals surface area (Å²) in [5, 5.41) is 27.9. The highest BCUT2D eigenvalue weighted by atomic mass is 35.5. The average Bonchev–Trinajstić information content (AvgIpc) is 3.07. The number of amides is 1. The summed E-state index contributed by atoms with van der Waals surface area (Å²) in [6.07, 6.45) is 0. The summed E-state index contributed by atoms with van der Waals surface area (Å²) in [5.74, 6) is -0.842. The lowest BCUT2D eigenvalue weighted by atomic mass is 9.99. The van der Waals surface area contributed by atoms with Crippen molar-refractivity contribution in [3.05, 3.63) is 92.5 Å². The smallest absolute Gasteiger partial charge is 0.310 e. The molecule has 3 aromatic rings. The van der Waals surface area contributed by atoms with Gasteiger partial charge in [-0.05, 0) is 56.1 Å². The monoisotopic (exact) mass is 464 g/mol. The third-order valence-corrected chi connectivity index (χ3v) is 5.39. The number of anilines is 2. The Kier molecular flexibility index (Phi) is 6.04. The molecular weight excluding hydrogens is 444 g/mol. The van der Waals surface area contributed by atoms with Gasteiger partial charge in [0.25, 0.3) is 5.91 Å². The van der Waals surface area contributed by atoms with E-state index < -0.39 is 16.4 Å². The molecule has 0 spiro atoms. The number of rotatable bonds is 6. The summed E-state index contributed by atoms with van der Waals surface area (Å²) in [6, 6.07) is 16.8. The number of nitrogens with zero attached hydrogens (tertiary/aromatic N) is 2. The lowest BCUT2D eigenvalue weighted by Crippen LogP contribution is -2.11. The van der Waals surface area contributed by atoms with Gasteiger partial charge in [0, 0.05) is 34.4 Å². The molecule has 0 saturated carbocycles. The Morgan fingerprint density at radius 1 is 1.12 bits per heavy atom. The minimum Gasteiger partial charge on any atom is -0.502 e. The number of aromatic hydroxyl groups is 1. The molecule has 1 aliphatic rings. The van der Waals surface area contributed by atoms with Crippen molar-refractivity contribution in [3.8, 4) is 5.75 Å². The summed E-state index contributed by atoms with van der Waals surface area (Å²) < 4.78 is 0. The molecule has 4 rings (SSSR count). The topological polar surface area (TPSA) is 108 Å². The van der Waals surface area contributed by atoms with Crippen LogP contribution in [0.15, 0.2) is 60.7 Å². The van der Waals surface area contributed by atoms with E-state index in [2.05, 4.69) is 15.5 Å². The van der Waals surface area contributed by atoms with Crippen molar-refractivity contribution in [2.24, 2.45) is 0 Å². The van der Waals surface area contributed by atoms with E-state index >= 15 is 0 Å². The fourth-order valence-electron chi connectivity index (χ4n) is 3.71. The molecule has 0 fully saturated rings. The van der Waals surface area contributed by atoms with Gasteiger partial charge in [0.1, 0.15) is 0 Å². The van der Waals surface area contributed by atoms with Crippen molar-refractivity contribution in [2.75, 3.05) is 24.7 Å². The Balaban J connectivity index is 1.84. The van der Waals surface area contributed by atoms with Gasteiger partial charge in [-0.25, -0.2) is 0 Å².